The van der Waals surface area contributed by atoms with E-state index in [1.54, 1.807) is 0 Å². The molecule has 34 heavy (non-hydrogen) atoms. The van der Waals surface area contributed by atoms with Crippen molar-refractivity contribution in [1.29, 1.82) is 0 Å². The predicted molar refractivity (Wildman–Crippen MR) is 127 cm³/mol. The van der Waals surface area contributed by atoms with Gasteiger partial charge >= 0.3 is 6.16 Å². The number of carbonyl (C=O) groups is 1. The molecule has 0 radical (unpaired) electrons. The van der Waals surface area contributed by atoms with Crippen molar-refractivity contribution in [1.82, 2.24) is 0 Å². The molecule has 4 aromatic rings. The van der Waals surface area contributed by atoms with E-state index in [0.717, 1.165) is 45.3 Å². The van der Waals surface area contributed by atoms with Crippen LogP contribution in [-0.2, 0) is 9.47 Å². The van der Waals surface area contributed by atoms with Crippen LogP contribution in [0.5, 0.6) is 23.0 Å². The molecule has 0 bridgehead atoms. The van der Waals surface area contributed by atoms with E-state index in [-0.39, 0.29) is 25.0 Å². The minimum atomic E-state index is -0.692. The van der Waals surface area contributed by atoms with E-state index in [9.17, 15) is 4.79 Å². The van der Waals surface area contributed by atoms with Gasteiger partial charge in [0, 0.05) is 22.3 Å². The maximum Gasteiger partial charge on any atom is 0.508 e. The second-order valence-electron chi connectivity index (χ2n) is 8.33. The van der Waals surface area contributed by atoms with Gasteiger partial charge < -0.3 is 18.9 Å². The molecule has 0 saturated carbocycles. The van der Waals surface area contributed by atoms with E-state index in [0.29, 0.717) is 0 Å². The molecular formula is C29H22O5. The fraction of sp³-hybridized carbons (Fsp3) is 0.138. The molecule has 168 valence electrons. The molecule has 0 fully saturated rings. The molecule has 0 amide bonds. The Kier molecular flexibility index (Phi) is 5.15. The minimum Gasteiger partial charge on any atom is -0.457 e. The Labute approximate surface area is 197 Å². The quantitative estimate of drug-likeness (QED) is 0.313. The van der Waals surface area contributed by atoms with Gasteiger partial charge in [-0.25, -0.2) is 4.79 Å². The van der Waals surface area contributed by atoms with Gasteiger partial charge in [0.05, 0.1) is 11.8 Å². The number of ether oxygens (including phenoxy) is 4. The highest BCUT2D eigenvalue weighted by atomic mass is 16.7. The minimum absolute atomic E-state index is 0.127. The summed E-state index contributed by atoms with van der Waals surface area (Å²) in [5.74, 6) is 2.85. The third-order valence-electron chi connectivity index (χ3n) is 6.35. The predicted octanol–water partition coefficient (Wildman–Crippen LogP) is 7.02. The number of hydrogen-bond donors (Lipinski definition) is 0. The molecule has 6 rings (SSSR count). The number of rotatable bonds is 4. The van der Waals surface area contributed by atoms with Gasteiger partial charge in [0.2, 0.25) is 0 Å². The summed E-state index contributed by atoms with van der Waals surface area (Å²) < 4.78 is 23.3. The molecule has 0 spiro atoms. The zero-order valence-corrected chi connectivity index (χ0v) is 18.3. The molecule has 0 unspecified atom stereocenters. The zero-order chi connectivity index (χ0) is 22.9. The number of carbonyl (C=O) groups excluding carboxylic acids is 1. The first-order valence-electron chi connectivity index (χ1n) is 11.3. The van der Waals surface area contributed by atoms with Crippen molar-refractivity contribution in [2.75, 3.05) is 13.2 Å². The lowest BCUT2D eigenvalue weighted by Gasteiger charge is -2.28. The van der Waals surface area contributed by atoms with Gasteiger partial charge in [0.15, 0.2) is 0 Å². The van der Waals surface area contributed by atoms with Gasteiger partial charge in [-0.15, -0.1) is 0 Å². The summed E-state index contributed by atoms with van der Waals surface area (Å²) >= 11 is 0. The summed E-state index contributed by atoms with van der Waals surface area (Å²) in [5, 5.41) is 0. The van der Waals surface area contributed by atoms with E-state index in [2.05, 4.69) is 0 Å². The summed E-state index contributed by atoms with van der Waals surface area (Å²) in [7, 11) is 0. The number of fused-ring (bicyclic) bond motifs is 4. The SMILES string of the molecule is O=C(OCC1c2ccccc2Oc2ccccc21)OCC1c2ccccc2Oc2ccccc21. The Hall–Kier alpha value is -4.25. The van der Waals surface area contributed by atoms with Crippen LogP contribution >= 0.6 is 0 Å². The average Bonchev–Trinajstić information content (AvgIpc) is 2.89. The molecule has 4 aromatic carbocycles. The third kappa shape index (κ3) is 3.65. The normalized spacial score (nSPS) is 13.9. The molecule has 5 heteroatoms. The van der Waals surface area contributed by atoms with Crippen LogP contribution in [0.3, 0.4) is 0 Å². The summed E-state index contributed by atoms with van der Waals surface area (Å²) in [5.41, 5.74) is 3.95. The highest BCUT2D eigenvalue weighted by Crippen LogP contribution is 2.45. The van der Waals surface area contributed by atoms with E-state index >= 15 is 0 Å². The Morgan fingerprint density at radius 3 is 1.15 bits per heavy atom. The Balaban J connectivity index is 1.18. The van der Waals surface area contributed by atoms with Crippen molar-refractivity contribution in [2.24, 2.45) is 0 Å². The Morgan fingerprint density at radius 1 is 0.529 bits per heavy atom. The second-order valence-corrected chi connectivity index (χ2v) is 8.33. The molecule has 2 heterocycles. The Bertz CT molecular complexity index is 1170. The van der Waals surface area contributed by atoms with Gasteiger partial charge in [-0.2, -0.15) is 0 Å². The third-order valence-corrected chi connectivity index (χ3v) is 6.35. The van der Waals surface area contributed by atoms with Crippen LogP contribution in [0.15, 0.2) is 97.1 Å². The highest BCUT2D eigenvalue weighted by Gasteiger charge is 2.30. The maximum atomic E-state index is 12.7. The van der Waals surface area contributed by atoms with Crippen molar-refractivity contribution in [3.05, 3.63) is 119 Å². The van der Waals surface area contributed by atoms with Crippen LogP contribution in [0, 0.1) is 0 Å². The number of hydrogen-bond acceptors (Lipinski definition) is 5. The van der Waals surface area contributed by atoms with Crippen molar-refractivity contribution in [3.8, 4) is 23.0 Å². The van der Waals surface area contributed by atoms with Gasteiger partial charge in [-0.05, 0) is 24.3 Å². The summed E-state index contributed by atoms with van der Waals surface area (Å²) in [6.45, 7) is 0.328. The van der Waals surface area contributed by atoms with E-state index in [1.807, 2.05) is 97.1 Å². The standard InChI is InChI=1S/C29H22O5/c30-29(31-17-23-19-9-1-5-13-25(19)33-26-14-6-2-10-20(23)26)32-18-24-21-11-3-7-15-27(21)34-28-16-8-4-12-22(24)28/h1-16,23-24H,17-18H2. The van der Waals surface area contributed by atoms with Gasteiger partial charge in [0.25, 0.3) is 0 Å². The summed E-state index contributed by atoms with van der Waals surface area (Å²) in [6, 6.07) is 31.3. The number of benzene rings is 4. The molecule has 5 nitrogen and oxygen atoms in total. The van der Waals surface area contributed by atoms with Crippen molar-refractivity contribution >= 4 is 6.16 Å². The van der Waals surface area contributed by atoms with E-state index < -0.39 is 6.16 Å². The monoisotopic (exact) mass is 450 g/mol. The lowest BCUT2D eigenvalue weighted by atomic mass is 9.88. The second kappa shape index (κ2) is 8.60. The number of para-hydroxylation sites is 4. The van der Waals surface area contributed by atoms with E-state index in [1.165, 1.54) is 0 Å². The fourth-order valence-electron chi connectivity index (χ4n) is 4.72. The summed E-state index contributed by atoms with van der Waals surface area (Å²) in [6.07, 6.45) is -0.692. The van der Waals surface area contributed by atoms with Crippen LogP contribution in [0.25, 0.3) is 0 Å². The lowest BCUT2D eigenvalue weighted by molar-refractivity contribution is 0.0500. The largest absolute Gasteiger partial charge is 0.508 e. The molecule has 2 aliphatic rings. The molecule has 0 atom stereocenters. The van der Waals surface area contributed by atoms with Crippen LogP contribution in [0.2, 0.25) is 0 Å². The smallest absolute Gasteiger partial charge is 0.457 e. The van der Waals surface area contributed by atoms with Crippen LogP contribution in [0.1, 0.15) is 34.1 Å². The molecule has 0 aromatic heterocycles. The first-order chi connectivity index (χ1) is 16.8. The van der Waals surface area contributed by atoms with Gasteiger partial charge in [-0.3, -0.25) is 0 Å². The van der Waals surface area contributed by atoms with Crippen molar-refractivity contribution in [3.63, 3.8) is 0 Å². The molecular weight excluding hydrogens is 428 g/mol. The topological polar surface area (TPSA) is 54.0 Å². The van der Waals surface area contributed by atoms with Gasteiger partial charge in [0.1, 0.15) is 36.2 Å². The molecule has 0 aliphatic carbocycles. The lowest BCUT2D eigenvalue weighted by Crippen LogP contribution is -2.21. The zero-order valence-electron chi connectivity index (χ0n) is 18.3. The first kappa shape index (κ1) is 20.4. The molecule has 2 aliphatic heterocycles. The fourth-order valence-corrected chi connectivity index (χ4v) is 4.72. The van der Waals surface area contributed by atoms with Gasteiger partial charge in [-0.1, -0.05) is 72.8 Å². The average molecular weight is 450 g/mol. The highest BCUT2D eigenvalue weighted by molar-refractivity contribution is 5.61. The van der Waals surface area contributed by atoms with Crippen LogP contribution in [-0.4, -0.2) is 19.4 Å². The molecule has 0 N–H and O–H groups in total. The maximum absolute atomic E-state index is 12.7. The first-order valence-corrected chi connectivity index (χ1v) is 11.3. The van der Waals surface area contributed by atoms with Crippen LogP contribution in [0.4, 0.5) is 4.79 Å². The van der Waals surface area contributed by atoms with Crippen LogP contribution < -0.4 is 9.47 Å². The molecule has 0 saturated heterocycles. The van der Waals surface area contributed by atoms with Crippen molar-refractivity contribution < 1.29 is 23.7 Å². The Morgan fingerprint density at radius 2 is 0.824 bits per heavy atom. The van der Waals surface area contributed by atoms with Crippen molar-refractivity contribution in [2.45, 2.75) is 11.8 Å². The summed E-state index contributed by atoms with van der Waals surface area (Å²) in [4.78, 5) is 12.7. The van der Waals surface area contributed by atoms with E-state index in [4.69, 9.17) is 18.9 Å².